The number of ether oxygens (including phenoxy) is 3. The first-order chi connectivity index (χ1) is 20.4. The summed E-state index contributed by atoms with van der Waals surface area (Å²) in [7, 11) is 2.95. The van der Waals surface area contributed by atoms with Gasteiger partial charge in [-0.15, -0.1) is 0 Å². The number of benzene rings is 3. The Bertz CT molecular complexity index is 1480. The Hall–Kier alpha value is -4.12. The summed E-state index contributed by atoms with van der Waals surface area (Å²) in [6.45, 7) is 2.17. The minimum atomic E-state index is -4.56. The number of amides is 1. The predicted molar refractivity (Wildman–Crippen MR) is 157 cm³/mol. The summed E-state index contributed by atoms with van der Waals surface area (Å²) in [6, 6.07) is 12.5. The number of nitrogens with zero attached hydrogens (tertiary/aromatic N) is 1. The lowest BCUT2D eigenvalue weighted by molar-refractivity contribution is -0.138. The Morgan fingerprint density at radius 2 is 1.79 bits per heavy atom. The van der Waals surface area contributed by atoms with Crippen LogP contribution in [0.15, 0.2) is 54.6 Å². The zero-order valence-corrected chi connectivity index (χ0v) is 24.6. The van der Waals surface area contributed by atoms with E-state index >= 15 is 0 Å². The fourth-order valence-electron chi connectivity index (χ4n) is 5.04. The lowest BCUT2D eigenvalue weighted by atomic mass is 9.91. The van der Waals surface area contributed by atoms with E-state index in [0.717, 1.165) is 12.1 Å². The smallest absolute Gasteiger partial charge is 0.416 e. The van der Waals surface area contributed by atoms with Crippen molar-refractivity contribution in [1.82, 2.24) is 0 Å². The van der Waals surface area contributed by atoms with E-state index in [1.807, 2.05) is 6.92 Å². The third-order valence-electron chi connectivity index (χ3n) is 7.27. The average Bonchev–Trinajstić information content (AvgIpc) is 3.40. The highest BCUT2D eigenvalue weighted by Gasteiger charge is 2.38. The molecule has 43 heavy (non-hydrogen) atoms. The molecule has 2 N–H and O–H groups in total. The maximum atomic E-state index is 14.3. The normalized spacial score (nSPS) is 14.1. The molecule has 1 aliphatic heterocycles. The van der Waals surface area contributed by atoms with Crippen LogP contribution in [0.2, 0.25) is 5.02 Å². The average molecular weight is 621 g/mol. The van der Waals surface area contributed by atoms with Gasteiger partial charge in [0.2, 0.25) is 5.91 Å². The molecule has 230 valence electrons. The fraction of sp³-hybridized carbons (Fsp3) is 0.355. The van der Waals surface area contributed by atoms with Crippen molar-refractivity contribution >= 4 is 34.9 Å². The van der Waals surface area contributed by atoms with Crippen LogP contribution in [0.3, 0.4) is 0 Å². The Morgan fingerprint density at radius 1 is 1.05 bits per heavy atom. The van der Waals surface area contributed by atoms with Crippen LogP contribution in [-0.2, 0) is 22.2 Å². The summed E-state index contributed by atoms with van der Waals surface area (Å²) in [5, 5.41) is 12.6. The van der Waals surface area contributed by atoms with Gasteiger partial charge >= 0.3 is 12.1 Å². The van der Waals surface area contributed by atoms with Crippen molar-refractivity contribution in [3.63, 3.8) is 0 Å². The zero-order chi connectivity index (χ0) is 31.3. The SMILES string of the molecule is COc1cc(NC(C(=O)N2CCc3ccc(C(F)(F)F)cc32)[C@@H](C)c2ccc(Cl)cc2OC)cc(OCCCC(=O)O)c1. The molecule has 0 saturated heterocycles. The molecule has 2 atom stereocenters. The van der Waals surface area contributed by atoms with Crippen molar-refractivity contribution < 1.29 is 42.1 Å². The van der Waals surface area contributed by atoms with E-state index in [-0.39, 0.29) is 31.7 Å². The van der Waals surface area contributed by atoms with Crippen molar-refractivity contribution in [2.75, 3.05) is 37.6 Å². The molecule has 1 amide bonds. The number of hydrogen-bond donors (Lipinski definition) is 2. The Labute approximate surface area is 252 Å². The van der Waals surface area contributed by atoms with Crippen LogP contribution in [0, 0.1) is 0 Å². The number of methoxy groups -OCH3 is 2. The molecule has 0 fully saturated rings. The van der Waals surface area contributed by atoms with Gasteiger partial charge < -0.3 is 29.5 Å². The number of anilines is 2. The second-order valence-corrected chi connectivity index (χ2v) is 10.6. The lowest BCUT2D eigenvalue weighted by Crippen LogP contribution is -2.45. The molecule has 0 saturated carbocycles. The maximum absolute atomic E-state index is 14.3. The van der Waals surface area contributed by atoms with Gasteiger partial charge in [0.1, 0.15) is 23.3 Å². The van der Waals surface area contributed by atoms with Crippen molar-refractivity contribution in [1.29, 1.82) is 0 Å². The van der Waals surface area contributed by atoms with E-state index in [2.05, 4.69) is 5.32 Å². The van der Waals surface area contributed by atoms with Crippen molar-refractivity contribution in [2.24, 2.45) is 0 Å². The third-order valence-corrected chi connectivity index (χ3v) is 7.50. The van der Waals surface area contributed by atoms with Gasteiger partial charge in [-0.3, -0.25) is 9.59 Å². The standard InChI is InChI=1S/C31H32ClF3N2O6/c1-18(25-9-8-21(32)14-27(25)42-3)29(30(40)37-11-10-19-6-7-20(13-26(19)37)31(33,34)35)36-22-15-23(41-2)17-24(16-22)43-12-4-5-28(38)39/h6-9,13-18,29,36H,4-5,10-12H2,1-3H3,(H,38,39)/t18-,29?/m0/s1. The summed E-state index contributed by atoms with van der Waals surface area (Å²) in [5.41, 5.74) is 1.15. The van der Waals surface area contributed by atoms with Crippen molar-refractivity contribution in [2.45, 2.75) is 44.3 Å². The Balaban J connectivity index is 1.72. The van der Waals surface area contributed by atoms with Gasteiger partial charge in [-0.1, -0.05) is 30.7 Å². The number of carbonyl (C=O) groups excluding carboxylic acids is 1. The summed E-state index contributed by atoms with van der Waals surface area (Å²) in [5.74, 6) is -0.654. The summed E-state index contributed by atoms with van der Waals surface area (Å²) >= 11 is 6.18. The molecule has 0 spiro atoms. The molecule has 12 heteroatoms. The maximum Gasteiger partial charge on any atom is 0.416 e. The predicted octanol–water partition coefficient (Wildman–Crippen LogP) is 6.79. The molecule has 1 unspecified atom stereocenters. The molecular formula is C31H32ClF3N2O6. The topological polar surface area (TPSA) is 97.3 Å². The number of rotatable bonds is 12. The first-order valence-corrected chi connectivity index (χ1v) is 13.9. The minimum Gasteiger partial charge on any atom is -0.497 e. The molecule has 0 aliphatic carbocycles. The molecule has 3 aromatic rings. The highest BCUT2D eigenvalue weighted by atomic mass is 35.5. The zero-order valence-electron chi connectivity index (χ0n) is 23.8. The van der Waals surface area contributed by atoms with Gasteiger partial charge in [-0.25, -0.2) is 0 Å². The first kappa shape index (κ1) is 31.8. The monoisotopic (exact) mass is 620 g/mol. The summed E-state index contributed by atoms with van der Waals surface area (Å²) in [6.07, 6.45) is -3.91. The molecule has 3 aromatic carbocycles. The number of hydrogen-bond acceptors (Lipinski definition) is 6. The van der Waals surface area contributed by atoms with Crippen LogP contribution in [0.4, 0.5) is 24.5 Å². The van der Waals surface area contributed by atoms with Gasteiger partial charge in [0, 0.05) is 53.5 Å². The number of alkyl halides is 3. The fourth-order valence-corrected chi connectivity index (χ4v) is 5.20. The molecule has 4 rings (SSSR count). The van der Waals surface area contributed by atoms with Crippen molar-refractivity contribution in [3.05, 3.63) is 76.3 Å². The van der Waals surface area contributed by atoms with Gasteiger partial charge in [0.25, 0.3) is 0 Å². The van der Waals surface area contributed by atoms with Crippen molar-refractivity contribution in [3.8, 4) is 17.2 Å². The molecule has 0 aromatic heterocycles. The Morgan fingerprint density at radius 3 is 2.47 bits per heavy atom. The van der Waals surface area contributed by atoms with Gasteiger partial charge in [0.15, 0.2) is 0 Å². The van der Waals surface area contributed by atoms with Crippen LogP contribution in [0.1, 0.15) is 42.4 Å². The van der Waals surface area contributed by atoms with Crippen LogP contribution < -0.4 is 24.4 Å². The number of halogens is 4. The highest BCUT2D eigenvalue weighted by molar-refractivity contribution is 6.30. The van der Waals surface area contributed by atoms with E-state index in [4.69, 9.17) is 30.9 Å². The second-order valence-electron chi connectivity index (χ2n) is 10.1. The quantitative estimate of drug-likeness (QED) is 0.215. The summed E-state index contributed by atoms with van der Waals surface area (Å²) in [4.78, 5) is 26.5. The molecule has 8 nitrogen and oxygen atoms in total. The number of aliphatic carboxylic acids is 1. The molecule has 1 aliphatic rings. The van der Waals surface area contributed by atoms with E-state index in [0.29, 0.717) is 45.5 Å². The number of fused-ring (bicyclic) bond motifs is 1. The highest BCUT2D eigenvalue weighted by Crippen LogP contribution is 2.39. The number of carboxylic acids is 1. The van der Waals surface area contributed by atoms with Gasteiger partial charge in [-0.05, 0) is 48.2 Å². The van der Waals surface area contributed by atoms with Gasteiger partial charge in [-0.2, -0.15) is 13.2 Å². The van der Waals surface area contributed by atoms with E-state index < -0.39 is 35.6 Å². The third kappa shape index (κ3) is 7.64. The first-order valence-electron chi connectivity index (χ1n) is 13.6. The number of carboxylic acid groups (broad SMARTS) is 1. The molecular weight excluding hydrogens is 589 g/mol. The molecule has 0 bridgehead atoms. The number of nitrogens with one attached hydrogen (secondary N) is 1. The largest absolute Gasteiger partial charge is 0.497 e. The minimum absolute atomic E-state index is 0.0561. The van der Waals surface area contributed by atoms with Crippen LogP contribution >= 0.6 is 11.6 Å². The molecule has 0 radical (unpaired) electrons. The van der Waals surface area contributed by atoms with Gasteiger partial charge in [0.05, 0.1) is 26.4 Å². The number of carbonyl (C=O) groups is 2. The van der Waals surface area contributed by atoms with E-state index in [1.54, 1.807) is 36.4 Å². The second kappa shape index (κ2) is 13.5. The molecule has 1 heterocycles. The van der Waals surface area contributed by atoms with Crippen LogP contribution in [0.25, 0.3) is 0 Å². The lowest BCUT2D eigenvalue weighted by Gasteiger charge is -2.31. The van der Waals surface area contributed by atoms with Crippen LogP contribution in [-0.4, -0.2) is 50.4 Å². The summed E-state index contributed by atoms with van der Waals surface area (Å²) < 4.78 is 57.4. The van der Waals surface area contributed by atoms with Crippen LogP contribution in [0.5, 0.6) is 17.2 Å². The Kier molecular flexibility index (Phi) is 9.95. The van der Waals surface area contributed by atoms with E-state index in [1.165, 1.54) is 25.2 Å². The van der Waals surface area contributed by atoms with E-state index in [9.17, 15) is 22.8 Å².